The Balaban J connectivity index is 1.75. The number of carboxylic acid groups (broad SMARTS) is 1. The van der Waals surface area contributed by atoms with Crippen LogP contribution in [0.15, 0.2) is 30.3 Å². The lowest BCUT2D eigenvalue weighted by molar-refractivity contribution is -0.136. The number of carboxylic acids is 1. The molecule has 3 rings (SSSR count). The lowest BCUT2D eigenvalue weighted by atomic mass is 10.0. The SMILES string of the molecule is CC1(C)Cc2cccc(COc3c(F)cc(CCC(=O)O)cc3F)c2O1. The minimum absolute atomic E-state index is 0.0262. The second kappa shape index (κ2) is 6.94. The van der Waals surface area contributed by atoms with Crippen LogP contribution >= 0.6 is 0 Å². The lowest BCUT2D eigenvalue weighted by Crippen LogP contribution is -2.25. The first-order valence-electron chi connectivity index (χ1n) is 8.37. The molecular formula is C20H20F2O4. The van der Waals surface area contributed by atoms with E-state index in [4.69, 9.17) is 14.6 Å². The summed E-state index contributed by atoms with van der Waals surface area (Å²) in [6.45, 7) is 3.93. The van der Waals surface area contributed by atoms with E-state index in [1.54, 1.807) is 6.07 Å². The Morgan fingerprint density at radius 3 is 2.62 bits per heavy atom. The van der Waals surface area contributed by atoms with Crippen molar-refractivity contribution >= 4 is 5.97 Å². The quantitative estimate of drug-likeness (QED) is 0.834. The molecule has 0 aliphatic carbocycles. The molecule has 0 saturated carbocycles. The van der Waals surface area contributed by atoms with E-state index in [2.05, 4.69) is 0 Å². The molecule has 0 unspecified atom stereocenters. The number of aryl methyl sites for hydroxylation is 1. The lowest BCUT2D eigenvalue weighted by Gasteiger charge is -2.18. The zero-order valence-electron chi connectivity index (χ0n) is 14.6. The highest BCUT2D eigenvalue weighted by Gasteiger charge is 2.31. The van der Waals surface area contributed by atoms with Gasteiger partial charge in [-0.15, -0.1) is 0 Å². The largest absolute Gasteiger partial charge is 0.487 e. The Labute approximate surface area is 150 Å². The highest BCUT2D eigenvalue weighted by Crippen LogP contribution is 2.38. The molecule has 1 heterocycles. The molecule has 0 fully saturated rings. The zero-order valence-corrected chi connectivity index (χ0v) is 14.6. The van der Waals surface area contributed by atoms with Crippen LogP contribution in [-0.4, -0.2) is 16.7 Å². The van der Waals surface area contributed by atoms with Gasteiger partial charge >= 0.3 is 5.97 Å². The van der Waals surface area contributed by atoms with E-state index in [-0.39, 0.29) is 30.6 Å². The van der Waals surface area contributed by atoms with Crippen molar-refractivity contribution in [1.82, 2.24) is 0 Å². The van der Waals surface area contributed by atoms with E-state index < -0.39 is 23.4 Å². The fraction of sp³-hybridized carbons (Fsp3) is 0.350. The third-order valence-electron chi connectivity index (χ3n) is 4.23. The predicted molar refractivity (Wildman–Crippen MR) is 91.5 cm³/mol. The molecule has 26 heavy (non-hydrogen) atoms. The van der Waals surface area contributed by atoms with Crippen LogP contribution in [-0.2, 0) is 24.2 Å². The van der Waals surface area contributed by atoms with Gasteiger partial charge in [0.1, 0.15) is 18.0 Å². The molecule has 1 aliphatic rings. The molecule has 2 aromatic rings. The number of aliphatic carboxylic acids is 1. The van der Waals surface area contributed by atoms with E-state index in [0.717, 1.165) is 29.7 Å². The molecule has 1 N–H and O–H groups in total. The minimum atomic E-state index is -1.02. The standard InChI is InChI=1S/C20H20F2O4/c1-20(2)10-13-4-3-5-14(18(13)26-20)11-25-19-15(21)8-12(9-16(19)22)6-7-17(23)24/h3-5,8-9H,6-7,10-11H2,1-2H3,(H,23,24). The van der Waals surface area contributed by atoms with Gasteiger partial charge in [0.25, 0.3) is 0 Å². The Kier molecular flexibility index (Phi) is 4.85. The summed E-state index contributed by atoms with van der Waals surface area (Å²) in [5.41, 5.74) is 1.73. The topological polar surface area (TPSA) is 55.8 Å². The molecule has 2 aromatic carbocycles. The number of ether oxygens (including phenoxy) is 2. The van der Waals surface area contributed by atoms with Gasteiger partial charge in [-0.05, 0) is 43.5 Å². The minimum Gasteiger partial charge on any atom is -0.487 e. The van der Waals surface area contributed by atoms with Crippen LogP contribution in [0.25, 0.3) is 0 Å². The molecule has 0 aromatic heterocycles. The van der Waals surface area contributed by atoms with Gasteiger partial charge in [0.2, 0.25) is 0 Å². The number of benzene rings is 2. The monoisotopic (exact) mass is 362 g/mol. The van der Waals surface area contributed by atoms with Crippen LogP contribution in [0, 0.1) is 11.6 Å². The third-order valence-corrected chi connectivity index (χ3v) is 4.23. The number of rotatable bonds is 6. The number of halogens is 2. The van der Waals surface area contributed by atoms with E-state index in [0.29, 0.717) is 5.75 Å². The molecular weight excluding hydrogens is 342 g/mol. The summed E-state index contributed by atoms with van der Waals surface area (Å²) >= 11 is 0. The van der Waals surface area contributed by atoms with E-state index in [1.165, 1.54) is 0 Å². The van der Waals surface area contributed by atoms with E-state index in [1.807, 2.05) is 26.0 Å². The first kappa shape index (κ1) is 18.2. The highest BCUT2D eigenvalue weighted by atomic mass is 19.1. The number of carbonyl (C=O) groups is 1. The Morgan fingerprint density at radius 1 is 1.27 bits per heavy atom. The van der Waals surface area contributed by atoms with Gasteiger partial charge in [-0.25, -0.2) is 8.78 Å². The maximum atomic E-state index is 14.2. The molecule has 6 heteroatoms. The molecule has 0 amide bonds. The van der Waals surface area contributed by atoms with E-state index >= 15 is 0 Å². The summed E-state index contributed by atoms with van der Waals surface area (Å²) < 4.78 is 39.7. The number of hydrogen-bond donors (Lipinski definition) is 1. The second-order valence-electron chi connectivity index (χ2n) is 7.01. The fourth-order valence-corrected chi connectivity index (χ4v) is 3.09. The molecule has 138 valence electrons. The molecule has 0 radical (unpaired) electrons. The Morgan fingerprint density at radius 2 is 1.96 bits per heavy atom. The number of fused-ring (bicyclic) bond motifs is 1. The first-order valence-corrected chi connectivity index (χ1v) is 8.37. The summed E-state index contributed by atoms with van der Waals surface area (Å²) in [7, 11) is 0. The van der Waals surface area contributed by atoms with Crippen LogP contribution < -0.4 is 9.47 Å². The molecule has 0 spiro atoms. The second-order valence-corrected chi connectivity index (χ2v) is 7.01. The van der Waals surface area contributed by atoms with Crippen molar-refractivity contribution < 1.29 is 28.2 Å². The van der Waals surface area contributed by atoms with Gasteiger partial charge in [0.05, 0.1) is 0 Å². The molecule has 0 atom stereocenters. The van der Waals surface area contributed by atoms with Crippen LogP contribution in [0.5, 0.6) is 11.5 Å². The summed E-state index contributed by atoms with van der Waals surface area (Å²) in [6, 6.07) is 7.85. The van der Waals surface area contributed by atoms with Crippen molar-refractivity contribution in [3.05, 3.63) is 58.7 Å². The van der Waals surface area contributed by atoms with Gasteiger partial charge in [-0.3, -0.25) is 4.79 Å². The van der Waals surface area contributed by atoms with Crippen LogP contribution in [0.3, 0.4) is 0 Å². The average Bonchev–Trinajstić information content (AvgIpc) is 2.86. The summed E-state index contributed by atoms with van der Waals surface area (Å²) in [4.78, 5) is 10.6. The Bertz CT molecular complexity index is 823. The van der Waals surface area contributed by atoms with Gasteiger partial charge in [-0.1, -0.05) is 18.2 Å². The molecule has 1 aliphatic heterocycles. The van der Waals surface area contributed by atoms with Crippen molar-refractivity contribution in [1.29, 1.82) is 0 Å². The third kappa shape index (κ3) is 3.95. The van der Waals surface area contributed by atoms with E-state index in [9.17, 15) is 13.6 Å². The number of para-hydroxylation sites is 1. The summed E-state index contributed by atoms with van der Waals surface area (Å²) in [6.07, 6.45) is 0.623. The van der Waals surface area contributed by atoms with Crippen molar-refractivity contribution in [3.63, 3.8) is 0 Å². The normalized spacial score (nSPS) is 14.6. The van der Waals surface area contributed by atoms with Crippen molar-refractivity contribution in [2.24, 2.45) is 0 Å². The molecule has 4 nitrogen and oxygen atoms in total. The van der Waals surface area contributed by atoms with Crippen LogP contribution in [0.2, 0.25) is 0 Å². The Hall–Kier alpha value is -2.63. The smallest absolute Gasteiger partial charge is 0.303 e. The maximum Gasteiger partial charge on any atom is 0.303 e. The maximum absolute atomic E-state index is 14.2. The zero-order chi connectivity index (χ0) is 18.9. The van der Waals surface area contributed by atoms with Crippen molar-refractivity contribution in [2.75, 3.05) is 0 Å². The number of hydrogen-bond acceptors (Lipinski definition) is 3. The molecule has 0 saturated heterocycles. The van der Waals surface area contributed by atoms with Gasteiger partial charge in [-0.2, -0.15) is 0 Å². The predicted octanol–water partition coefficient (Wildman–Crippen LogP) is 4.27. The van der Waals surface area contributed by atoms with Crippen LogP contribution in [0.4, 0.5) is 8.78 Å². The summed E-state index contributed by atoms with van der Waals surface area (Å²) in [5.74, 6) is -2.49. The summed E-state index contributed by atoms with van der Waals surface area (Å²) in [5, 5.41) is 8.67. The van der Waals surface area contributed by atoms with Crippen molar-refractivity contribution in [3.8, 4) is 11.5 Å². The first-order chi connectivity index (χ1) is 12.2. The van der Waals surface area contributed by atoms with Gasteiger partial charge < -0.3 is 14.6 Å². The molecule has 0 bridgehead atoms. The highest BCUT2D eigenvalue weighted by molar-refractivity contribution is 5.67. The van der Waals surface area contributed by atoms with Crippen molar-refractivity contribution in [2.45, 2.75) is 45.3 Å². The fourth-order valence-electron chi connectivity index (χ4n) is 3.09. The van der Waals surface area contributed by atoms with Gasteiger partial charge in [0.15, 0.2) is 17.4 Å². The van der Waals surface area contributed by atoms with Crippen LogP contribution in [0.1, 0.15) is 37.0 Å². The van der Waals surface area contributed by atoms with Gasteiger partial charge in [0, 0.05) is 18.4 Å². The average molecular weight is 362 g/mol.